The maximum atomic E-state index is 12.5. The predicted octanol–water partition coefficient (Wildman–Crippen LogP) is 4.08. The van der Waals surface area contributed by atoms with Gasteiger partial charge in [-0.15, -0.1) is 0 Å². The Bertz CT molecular complexity index is 1020. The molecule has 4 rings (SSSR count). The minimum atomic E-state index is -0.660. The molecular formula is C24H31N3O4. The lowest BCUT2D eigenvalue weighted by Crippen LogP contribution is -2.35. The summed E-state index contributed by atoms with van der Waals surface area (Å²) in [4.78, 5) is 32.0. The lowest BCUT2D eigenvalue weighted by Gasteiger charge is -2.35. The van der Waals surface area contributed by atoms with Crippen molar-refractivity contribution in [3.8, 4) is 0 Å². The summed E-state index contributed by atoms with van der Waals surface area (Å²) in [6.07, 6.45) is 6.76. The van der Waals surface area contributed by atoms with Crippen LogP contribution >= 0.6 is 0 Å². The number of aromatic nitrogens is 2. The van der Waals surface area contributed by atoms with Gasteiger partial charge in [-0.25, -0.2) is 14.6 Å². The Labute approximate surface area is 183 Å². The molecule has 0 spiro atoms. The molecule has 1 aromatic heterocycles. The van der Waals surface area contributed by atoms with Crippen LogP contribution in [0.25, 0.3) is 11.0 Å². The van der Waals surface area contributed by atoms with E-state index < -0.39 is 11.9 Å². The van der Waals surface area contributed by atoms with Crippen LogP contribution in [0.1, 0.15) is 64.4 Å². The number of ether oxygens (including phenoxy) is 2. The van der Waals surface area contributed by atoms with E-state index in [1.54, 1.807) is 20.0 Å². The summed E-state index contributed by atoms with van der Waals surface area (Å²) >= 11 is 0. The molecule has 0 bridgehead atoms. The normalized spacial score (nSPS) is 20.1. The van der Waals surface area contributed by atoms with Crippen LogP contribution in [0.3, 0.4) is 0 Å². The fourth-order valence-electron chi connectivity index (χ4n) is 4.77. The zero-order chi connectivity index (χ0) is 22.1. The van der Waals surface area contributed by atoms with Crippen molar-refractivity contribution in [2.24, 2.45) is 0 Å². The van der Waals surface area contributed by atoms with Gasteiger partial charge in [-0.1, -0.05) is 0 Å². The van der Waals surface area contributed by atoms with Crippen LogP contribution in [0, 0.1) is 0 Å². The number of hydrogen-bond acceptors (Lipinski definition) is 6. The Morgan fingerprint density at radius 2 is 1.77 bits per heavy atom. The van der Waals surface area contributed by atoms with Crippen molar-refractivity contribution in [1.82, 2.24) is 9.55 Å². The maximum absolute atomic E-state index is 12.5. The van der Waals surface area contributed by atoms with E-state index in [0.29, 0.717) is 6.04 Å². The van der Waals surface area contributed by atoms with Gasteiger partial charge in [-0.2, -0.15) is 0 Å². The molecule has 7 heteroatoms. The number of carbonyl (C=O) groups excluding carboxylic acids is 2. The molecule has 166 valence electrons. The van der Waals surface area contributed by atoms with E-state index >= 15 is 0 Å². The number of anilines is 1. The molecule has 0 N–H and O–H groups in total. The molecule has 0 saturated heterocycles. The highest BCUT2D eigenvalue weighted by molar-refractivity contribution is 6.14. The lowest BCUT2D eigenvalue weighted by molar-refractivity contribution is -0.146. The van der Waals surface area contributed by atoms with E-state index in [-0.39, 0.29) is 24.8 Å². The van der Waals surface area contributed by atoms with Crippen LogP contribution in [0.15, 0.2) is 23.9 Å². The smallest absolute Gasteiger partial charge is 0.347 e. The van der Waals surface area contributed by atoms with Gasteiger partial charge in [0.2, 0.25) is 0 Å². The first-order valence-electron chi connectivity index (χ1n) is 11.3. The maximum Gasteiger partial charge on any atom is 0.347 e. The fourth-order valence-corrected chi connectivity index (χ4v) is 4.77. The van der Waals surface area contributed by atoms with E-state index in [2.05, 4.69) is 30.5 Å². The fraction of sp³-hybridized carbons (Fsp3) is 0.542. The molecule has 0 amide bonds. The van der Waals surface area contributed by atoms with Gasteiger partial charge in [-0.05, 0) is 65.5 Å². The van der Waals surface area contributed by atoms with Crippen molar-refractivity contribution in [2.45, 2.75) is 71.9 Å². The van der Waals surface area contributed by atoms with E-state index in [1.807, 2.05) is 4.90 Å². The first kappa shape index (κ1) is 21.4. The van der Waals surface area contributed by atoms with E-state index in [4.69, 9.17) is 14.5 Å². The van der Waals surface area contributed by atoms with Crippen molar-refractivity contribution < 1.29 is 19.1 Å². The molecule has 0 radical (unpaired) electrons. The van der Waals surface area contributed by atoms with Crippen LogP contribution in [0.2, 0.25) is 0 Å². The summed E-state index contributed by atoms with van der Waals surface area (Å²) in [7, 11) is 0. The topological polar surface area (TPSA) is 73.7 Å². The van der Waals surface area contributed by atoms with Crippen molar-refractivity contribution >= 4 is 28.7 Å². The van der Waals surface area contributed by atoms with E-state index in [9.17, 15) is 9.59 Å². The van der Waals surface area contributed by atoms with Crippen LogP contribution in [0.4, 0.5) is 5.69 Å². The summed E-state index contributed by atoms with van der Waals surface area (Å²) < 4.78 is 12.6. The Hall–Kier alpha value is -2.83. The Kier molecular flexibility index (Phi) is 6.03. The van der Waals surface area contributed by atoms with Crippen LogP contribution < -0.4 is 4.90 Å². The van der Waals surface area contributed by atoms with E-state index in [0.717, 1.165) is 36.3 Å². The average molecular weight is 426 g/mol. The molecule has 3 heterocycles. The van der Waals surface area contributed by atoms with Crippen LogP contribution in [0.5, 0.6) is 0 Å². The standard InChI is InChI=1S/C24H31N3O4/c1-5-30-23(28)18(24(29)31-6-2)14-26-15(3)10-11-17-19(26)12-13-20-22(17)25-21-9-7-8-16(4)27(20)21/h12-16H,5-11H2,1-4H3. The molecule has 2 atom stereocenters. The number of hydrogen-bond donors (Lipinski definition) is 0. The van der Waals surface area contributed by atoms with Crippen molar-refractivity contribution in [1.29, 1.82) is 0 Å². The quantitative estimate of drug-likeness (QED) is 0.311. The monoisotopic (exact) mass is 425 g/mol. The van der Waals surface area contributed by atoms with Gasteiger partial charge in [0, 0.05) is 36.0 Å². The van der Waals surface area contributed by atoms with Gasteiger partial charge in [0.25, 0.3) is 0 Å². The second-order valence-electron chi connectivity index (χ2n) is 8.35. The summed E-state index contributed by atoms with van der Waals surface area (Å²) in [5.41, 5.74) is 4.30. The molecule has 2 aliphatic heterocycles. The van der Waals surface area contributed by atoms with Gasteiger partial charge < -0.3 is 18.9 Å². The van der Waals surface area contributed by atoms with Gasteiger partial charge in [0.1, 0.15) is 5.82 Å². The van der Waals surface area contributed by atoms with Gasteiger partial charge >= 0.3 is 11.9 Å². The molecule has 2 aromatic rings. The largest absolute Gasteiger partial charge is 0.462 e. The molecule has 7 nitrogen and oxygen atoms in total. The van der Waals surface area contributed by atoms with Gasteiger partial charge in [-0.3, -0.25) is 0 Å². The van der Waals surface area contributed by atoms with Crippen LogP contribution in [-0.2, 0) is 31.9 Å². The number of aryl methyl sites for hydroxylation is 2. The second-order valence-corrected chi connectivity index (χ2v) is 8.35. The number of carbonyl (C=O) groups is 2. The third-order valence-electron chi connectivity index (χ3n) is 6.30. The minimum Gasteiger partial charge on any atom is -0.462 e. The van der Waals surface area contributed by atoms with Gasteiger partial charge in [0.05, 0.1) is 24.2 Å². The van der Waals surface area contributed by atoms with Crippen molar-refractivity contribution in [3.63, 3.8) is 0 Å². The van der Waals surface area contributed by atoms with E-state index in [1.165, 1.54) is 23.9 Å². The summed E-state index contributed by atoms with van der Waals surface area (Å²) in [5.74, 6) is -0.165. The molecular weight excluding hydrogens is 394 g/mol. The highest BCUT2D eigenvalue weighted by Gasteiger charge is 2.30. The third kappa shape index (κ3) is 3.82. The molecule has 2 aliphatic rings. The first-order chi connectivity index (χ1) is 15.0. The highest BCUT2D eigenvalue weighted by atomic mass is 16.6. The molecule has 31 heavy (non-hydrogen) atoms. The Morgan fingerprint density at radius 3 is 2.45 bits per heavy atom. The molecule has 0 fully saturated rings. The van der Waals surface area contributed by atoms with Crippen molar-refractivity contribution in [2.75, 3.05) is 18.1 Å². The molecule has 1 aromatic carbocycles. The highest BCUT2D eigenvalue weighted by Crippen LogP contribution is 2.39. The Morgan fingerprint density at radius 1 is 1.06 bits per heavy atom. The number of esters is 2. The number of fused-ring (bicyclic) bond motifs is 5. The predicted molar refractivity (Wildman–Crippen MR) is 119 cm³/mol. The second kappa shape index (κ2) is 8.73. The zero-order valence-electron chi connectivity index (χ0n) is 18.8. The Balaban J connectivity index is 1.81. The zero-order valence-corrected chi connectivity index (χ0v) is 18.8. The third-order valence-corrected chi connectivity index (χ3v) is 6.30. The number of rotatable bonds is 5. The SMILES string of the molecule is CCOC(=O)C(=CN1c2ccc3c(nc4n3C(C)CCC4)c2CCC1C)C(=O)OCC. The first-order valence-corrected chi connectivity index (χ1v) is 11.3. The van der Waals surface area contributed by atoms with Gasteiger partial charge in [0.15, 0.2) is 5.57 Å². The number of nitrogens with zero attached hydrogens (tertiary/aromatic N) is 3. The minimum absolute atomic E-state index is 0.0822. The summed E-state index contributed by atoms with van der Waals surface area (Å²) in [6, 6.07) is 4.79. The average Bonchev–Trinajstić information content (AvgIpc) is 3.13. The molecule has 2 unspecified atom stereocenters. The molecule has 0 saturated carbocycles. The van der Waals surface area contributed by atoms with Crippen LogP contribution in [-0.4, -0.2) is 40.7 Å². The summed E-state index contributed by atoms with van der Waals surface area (Å²) in [5, 5.41) is 0. The molecule has 0 aliphatic carbocycles. The van der Waals surface area contributed by atoms with Crippen molar-refractivity contribution in [3.05, 3.63) is 35.3 Å². The number of imidazole rings is 1. The number of benzene rings is 1. The summed E-state index contributed by atoms with van der Waals surface area (Å²) in [6.45, 7) is 8.18. The lowest BCUT2D eigenvalue weighted by atomic mass is 9.95.